The highest BCUT2D eigenvalue weighted by Gasteiger charge is 2.34. The molecule has 0 aromatic rings. The molecule has 0 saturated carbocycles. The summed E-state index contributed by atoms with van der Waals surface area (Å²) in [6, 6.07) is -0.230. The molecule has 2 N–H and O–H groups in total. The summed E-state index contributed by atoms with van der Waals surface area (Å²) in [5.74, 6) is -1.22. The molecular formula is C8H18N2O4S. The van der Waals surface area contributed by atoms with Gasteiger partial charge in [-0.05, 0) is 27.7 Å². The second-order valence-electron chi connectivity index (χ2n) is 4.15. The predicted octanol–water partition coefficient (Wildman–Crippen LogP) is 0.0242. The van der Waals surface area contributed by atoms with Crippen LogP contribution in [0.15, 0.2) is 0 Å². The van der Waals surface area contributed by atoms with Gasteiger partial charge in [0, 0.05) is 13.1 Å². The Morgan fingerprint density at radius 2 is 1.80 bits per heavy atom. The molecule has 0 bridgehead atoms. The number of nitrogens with one attached hydrogen (secondary N) is 1. The van der Waals surface area contributed by atoms with Gasteiger partial charge in [0.2, 0.25) is 0 Å². The quantitative estimate of drug-likeness (QED) is 0.707. The van der Waals surface area contributed by atoms with Crippen molar-refractivity contribution in [3.05, 3.63) is 0 Å². The second-order valence-corrected chi connectivity index (χ2v) is 5.88. The summed E-state index contributed by atoms with van der Waals surface area (Å²) in [5, 5.41) is 8.78. The van der Waals surface area contributed by atoms with E-state index >= 15 is 0 Å². The number of aliphatic carboxylic acids is 1. The third-order valence-corrected chi connectivity index (χ3v) is 3.97. The molecule has 0 atom stereocenters. The standard InChI is InChI=1S/C8H18N2O4S/c1-6(2)10(5)15(13,14)9-8(3,4)7(11)12/h6,9H,1-5H3,(H,11,12). The van der Waals surface area contributed by atoms with Crippen LogP contribution in [0, 0.1) is 0 Å². The molecule has 0 aromatic carbocycles. The topological polar surface area (TPSA) is 86.7 Å². The van der Waals surface area contributed by atoms with Crippen molar-refractivity contribution in [1.29, 1.82) is 0 Å². The van der Waals surface area contributed by atoms with Gasteiger partial charge in [-0.25, -0.2) is 0 Å². The van der Waals surface area contributed by atoms with Gasteiger partial charge in [0.05, 0.1) is 0 Å². The highest BCUT2D eigenvalue weighted by atomic mass is 32.2. The Balaban J connectivity index is 4.89. The second kappa shape index (κ2) is 4.46. The Labute approximate surface area is 90.5 Å². The maximum Gasteiger partial charge on any atom is 0.324 e. The molecule has 90 valence electrons. The number of carboxylic acid groups (broad SMARTS) is 1. The SMILES string of the molecule is CC(C)N(C)S(=O)(=O)NC(C)(C)C(=O)O. The average molecular weight is 238 g/mol. The van der Waals surface area contributed by atoms with Gasteiger partial charge in [0.25, 0.3) is 10.2 Å². The molecule has 0 fully saturated rings. The normalized spacial score (nSPS) is 13.5. The molecule has 0 aliphatic carbocycles. The molecule has 0 aliphatic rings. The van der Waals surface area contributed by atoms with E-state index in [9.17, 15) is 13.2 Å². The molecule has 0 aliphatic heterocycles. The van der Waals surface area contributed by atoms with Crippen molar-refractivity contribution in [2.75, 3.05) is 7.05 Å². The zero-order valence-electron chi connectivity index (χ0n) is 9.60. The van der Waals surface area contributed by atoms with Crippen molar-refractivity contribution in [3.63, 3.8) is 0 Å². The van der Waals surface area contributed by atoms with Crippen LogP contribution >= 0.6 is 0 Å². The van der Waals surface area contributed by atoms with Gasteiger partial charge in [-0.2, -0.15) is 17.4 Å². The zero-order valence-corrected chi connectivity index (χ0v) is 10.4. The van der Waals surface area contributed by atoms with Crippen LogP contribution in [0.4, 0.5) is 0 Å². The Bertz CT molecular complexity index is 335. The van der Waals surface area contributed by atoms with Gasteiger partial charge in [-0.15, -0.1) is 0 Å². The first kappa shape index (κ1) is 14.3. The lowest BCUT2D eigenvalue weighted by atomic mass is 10.1. The minimum absolute atomic E-state index is 0.230. The van der Waals surface area contributed by atoms with Gasteiger partial charge in [0.15, 0.2) is 0 Å². The number of carboxylic acids is 1. The molecule has 7 heteroatoms. The van der Waals surface area contributed by atoms with Gasteiger partial charge in [-0.1, -0.05) is 0 Å². The minimum Gasteiger partial charge on any atom is -0.480 e. The van der Waals surface area contributed by atoms with Crippen molar-refractivity contribution in [2.24, 2.45) is 0 Å². The van der Waals surface area contributed by atoms with E-state index in [1.54, 1.807) is 13.8 Å². The smallest absolute Gasteiger partial charge is 0.324 e. The lowest BCUT2D eigenvalue weighted by molar-refractivity contribution is -0.142. The molecule has 0 rings (SSSR count). The van der Waals surface area contributed by atoms with E-state index in [1.807, 2.05) is 0 Å². The van der Waals surface area contributed by atoms with E-state index in [0.29, 0.717) is 0 Å². The van der Waals surface area contributed by atoms with E-state index in [4.69, 9.17) is 5.11 Å². The first-order valence-electron chi connectivity index (χ1n) is 4.51. The van der Waals surface area contributed by atoms with E-state index < -0.39 is 21.7 Å². The Hall–Kier alpha value is -0.660. The first-order chi connectivity index (χ1) is 6.50. The van der Waals surface area contributed by atoms with E-state index in [1.165, 1.54) is 20.9 Å². The molecule has 0 aromatic heterocycles. The molecular weight excluding hydrogens is 220 g/mol. The Morgan fingerprint density at radius 3 is 2.07 bits per heavy atom. The fourth-order valence-electron chi connectivity index (χ4n) is 0.716. The van der Waals surface area contributed by atoms with Crippen molar-refractivity contribution in [1.82, 2.24) is 9.03 Å². The van der Waals surface area contributed by atoms with Crippen LogP contribution in [-0.4, -0.2) is 42.4 Å². The number of hydrogen-bond donors (Lipinski definition) is 2. The zero-order chi connectivity index (χ0) is 12.4. The van der Waals surface area contributed by atoms with Crippen molar-refractivity contribution >= 4 is 16.2 Å². The lowest BCUT2D eigenvalue weighted by Gasteiger charge is -2.27. The van der Waals surface area contributed by atoms with E-state index in [0.717, 1.165) is 4.31 Å². The number of carbonyl (C=O) groups is 1. The molecule has 0 unspecified atom stereocenters. The lowest BCUT2D eigenvalue weighted by Crippen LogP contribution is -2.54. The third kappa shape index (κ3) is 3.77. The van der Waals surface area contributed by atoms with E-state index in [-0.39, 0.29) is 6.04 Å². The van der Waals surface area contributed by atoms with Crippen LogP contribution in [0.1, 0.15) is 27.7 Å². The van der Waals surface area contributed by atoms with Gasteiger partial charge >= 0.3 is 5.97 Å². The predicted molar refractivity (Wildman–Crippen MR) is 56.7 cm³/mol. The summed E-state index contributed by atoms with van der Waals surface area (Å²) < 4.78 is 26.5. The number of rotatable bonds is 5. The molecule has 6 nitrogen and oxygen atoms in total. The van der Waals surface area contributed by atoms with Crippen molar-refractivity contribution < 1.29 is 18.3 Å². The largest absolute Gasteiger partial charge is 0.480 e. The summed E-state index contributed by atoms with van der Waals surface area (Å²) in [6.45, 7) is 5.99. The maximum absolute atomic E-state index is 11.6. The van der Waals surface area contributed by atoms with Crippen LogP contribution in [0.5, 0.6) is 0 Å². The highest BCUT2D eigenvalue weighted by Crippen LogP contribution is 2.08. The van der Waals surface area contributed by atoms with Crippen LogP contribution in [0.25, 0.3) is 0 Å². The maximum atomic E-state index is 11.6. The summed E-state index contributed by atoms with van der Waals surface area (Å²) >= 11 is 0. The van der Waals surface area contributed by atoms with Gasteiger partial charge in [-0.3, -0.25) is 4.79 Å². The molecule has 0 saturated heterocycles. The minimum atomic E-state index is -3.76. The first-order valence-corrected chi connectivity index (χ1v) is 5.95. The highest BCUT2D eigenvalue weighted by molar-refractivity contribution is 7.87. The van der Waals surface area contributed by atoms with Crippen LogP contribution in [-0.2, 0) is 15.0 Å². The van der Waals surface area contributed by atoms with Crippen molar-refractivity contribution in [3.8, 4) is 0 Å². The van der Waals surface area contributed by atoms with Crippen LogP contribution < -0.4 is 4.72 Å². The van der Waals surface area contributed by atoms with Crippen LogP contribution in [0.2, 0.25) is 0 Å². The van der Waals surface area contributed by atoms with Crippen LogP contribution in [0.3, 0.4) is 0 Å². The number of hydrogen-bond acceptors (Lipinski definition) is 3. The Morgan fingerprint density at radius 1 is 1.40 bits per heavy atom. The Kier molecular flexibility index (Phi) is 4.26. The molecule has 0 spiro atoms. The number of nitrogens with zero attached hydrogens (tertiary/aromatic N) is 1. The molecule has 0 heterocycles. The van der Waals surface area contributed by atoms with Crippen molar-refractivity contribution in [2.45, 2.75) is 39.3 Å². The molecule has 0 amide bonds. The summed E-state index contributed by atoms with van der Waals surface area (Å²) in [7, 11) is -2.37. The molecule has 15 heavy (non-hydrogen) atoms. The van der Waals surface area contributed by atoms with E-state index in [2.05, 4.69) is 4.72 Å². The fraction of sp³-hybridized carbons (Fsp3) is 0.875. The summed E-state index contributed by atoms with van der Waals surface area (Å²) in [4.78, 5) is 10.7. The summed E-state index contributed by atoms with van der Waals surface area (Å²) in [5.41, 5.74) is -1.51. The monoisotopic (exact) mass is 238 g/mol. The molecule has 0 radical (unpaired) electrons. The van der Waals surface area contributed by atoms with Gasteiger partial charge < -0.3 is 5.11 Å². The summed E-state index contributed by atoms with van der Waals surface area (Å²) in [6.07, 6.45) is 0. The van der Waals surface area contributed by atoms with Gasteiger partial charge in [0.1, 0.15) is 5.54 Å². The average Bonchev–Trinajstić information content (AvgIpc) is 2.00. The fourth-order valence-corrected chi connectivity index (χ4v) is 2.15. The third-order valence-electron chi connectivity index (χ3n) is 2.03.